The standard InChI is InChI=1S/C16H20FNO/c1-4-13-8-12(3)15(17)9-14(13)16(19)18-7-5-6-11(2)10-18/h4,8-9,11H,1,5-7,10H2,2-3H3. The highest BCUT2D eigenvalue weighted by atomic mass is 19.1. The molecule has 1 aromatic carbocycles. The molecule has 0 aromatic heterocycles. The van der Waals surface area contributed by atoms with E-state index in [-0.39, 0.29) is 11.7 Å². The van der Waals surface area contributed by atoms with Crippen LogP contribution in [0.1, 0.15) is 41.3 Å². The zero-order chi connectivity index (χ0) is 14.0. The Labute approximate surface area is 113 Å². The van der Waals surface area contributed by atoms with Gasteiger partial charge in [-0.1, -0.05) is 19.6 Å². The average molecular weight is 261 g/mol. The maximum absolute atomic E-state index is 13.7. The Bertz CT molecular complexity index is 510. The zero-order valence-corrected chi connectivity index (χ0v) is 11.6. The van der Waals surface area contributed by atoms with Gasteiger partial charge in [0.2, 0.25) is 0 Å². The quantitative estimate of drug-likeness (QED) is 0.795. The van der Waals surface area contributed by atoms with Crippen molar-refractivity contribution >= 4 is 12.0 Å². The lowest BCUT2D eigenvalue weighted by atomic mass is 9.97. The molecular weight excluding hydrogens is 241 g/mol. The van der Waals surface area contributed by atoms with Crippen molar-refractivity contribution in [1.29, 1.82) is 0 Å². The molecule has 1 unspecified atom stereocenters. The highest BCUT2D eigenvalue weighted by Crippen LogP contribution is 2.22. The Morgan fingerprint density at radius 3 is 2.89 bits per heavy atom. The van der Waals surface area contributed by atoms with Crippen LogP contribution in [0.25, 0.3) is 6.08 Å². The third kappa shape index (κ3) is 2.86. The van der Waals surface area contributed by atoms with Crippen LogP contribution in [0.3, 0.4) is 0 Å². The van der Waals surface area contributed by atoms with Crippen LogP contribution in [0, 0.1) is 18.7 Å². The molecular formula is C16H20FNO. The molecule has 0 aliphatic carbocycles. The van der Waals surface area contributed by atoms with E-state index in [9.17, 15) is 9.18 Å². The van der Waals surface area contributed by atoms with E-state index in [4.69, 9.17) is 0 Å². The molecule has 1 fully saturated rings. The maximum atomic E-state index is 13.7. The van der Waals surface area contributed by atoms with Crippen LogP contribution in [0.15, 0.2) is 18.7 Å². The number of hydrogen-bond donors (Lipinski definition) is 0. The summed E-state index contributed by atoms with van der Waals surface area (Å²) in [6.45, 7) is 9.06. The molecule has 0 bridgehead atoms. The minimum absolute atomic E-state index is 0.0830. The highest BCUT2D eigenvalue weighted by Gasteiger charge is 2.24. The molecule has 0 radical (unpaired) electrons. The third-order valence-electron chi connectivity index (χ3n) is 3.73. The largest absolute Gasteiger partial charge is 0.338 e. The SMILES string of the molecule is C=Cc1cc(C)c(F)cc1C(=O)N1CCCC(C)C1. The summed E-state index contributed by atoms with van der Waals surface area (Å²) in [7, 11) is 0. The molecule has 1 aromatic rings. The Morgan fingerprint density at radius 1 is 1.53 bits per heavy atom. The Morgan fingerprint density at radius 2 is 2.26 bits per heavy atom. The lowest BCUT2D eigenvalue weighted by Crippen LogP contribution is -2.39. The molecule has 1 aliphatic rings. The predicted octanol–water partition coefficient (Wildman–Crippen LogP) is 3.65. The molecule has 1 amide bonds. The number of nitrogens with zero attached hydrogens (tertiary/aromatic N) is 1. The van der Waals surface area contributed by atoms with Crippen LogP contribution >= 0.6 is 0 Å². The van der Waals surface area contributed by atoms with Crippen molar-refractivity contribution in [3.05, 3.63) is 41.2 Å². The smallest absolute Gasteiger partial charge is 0.254 e. The van der Waals surface area contributed by atoms with Crippen LogP contribution in [0.5, 0.6) is 0 Å². The summed E-state index contributed by atoms with van der Waals surface area (Å²) in [5.74, 6) is 0.0968. The molecule has 1 aliphatic heterocycles. The van der Waals surface area contributed by atoms with Crippen molar-refractivity contribution in [2.24, 2.45) is 5.92 Å². The number of benzene rings is 1. The number of piperidine rings is 1. The second-order valence-electron chi connectivity index (χ2n) is 5.39. The van der Waals surface area contributed by atoms with Crippen LogP contribution in [0.4, 0.5) is 4.39 Å². The molecule has 19 heavy (non-hydrogen) atoms. The summed E-state index contributed by atoms with van der Waals surface area (Å²) in [5, 5.41) is 0. The van der Waals surface area contributed by atoms with Gasteiger partial charge in [0.15, 0.2) is 0 Å². The molecule has 3 heteroatoms. The van der Waals surface area contributed by atoms with Gasteiger partial charge in [-0.3, -0.25) is 4.79 Å². The molecule has 102 valence electrons. The fourth-order valence-electron chi connectivity index (χ4n) is 2.60. The Balaban J connectivity index is 2.32. The van der Waals surface area contributed by atoms with Gasteiger partial charge in [0.05, 0.1) is 0 Å². The van der Waals surface area contributed by atoms with Gasteiger partial charge in [-0.25, -0.2) is 4.39 Å². The lowest BCUT2D eigenvalue weighted by Gasteiger charge is -2.31. The minimum Gasteiger partial charge on any atom is -0.338 e. The monoisotopic (exact) mass is 261 g/mol. The minimum atomic E-state index is -0.334. The van der Waals surface area contributed by atoms with E-state index in [1.165, 1.54) is 6.07 Å². The average Bonchev–Trinajstić information content (AvgIpc) is 2.40. The molecule has 0 N–H and O–H groups in total. The predicted molar refractivity (Wildman–Crippen MR) is 75.5 cm³/mol. The maximum Gasteiger partial charge on any atom is 0.254 e. The van der Waals surface area contributed by atoms with E-state index in [1.54, 1.807) is 19.1 Å². The van der Waals surface area contributed by atoms with Gasteiger partial charge in [0, 0.05) is 18.7 Å². The first kappa shape index (κ1) is 13.8. The number of likely N-dealkylation sites (tertiary alicyclic amines) is 1. The first-order valence-corrected chi connectivity index (χ1v) is 6.74. The van der Waals surface area contributed by atoms with E-state index >= 15 is 0 Å². The van der Waals surface area contributed by atoms with Gasteiger partial charge >= 0.3 is 0 Å². The van der Waals surface area contributed by atoms with E-state index in [2.05, 4.69) is 13.5 Å². The highest BCUT2D eigenvalue weighted by molar-refractivity contribution is 5.98. The van der Waals surface area contributed by atoms with Crippen LogP contribution < -0.4 is 0 Å². The Kier molecular flexibility index (Phi) is 4.03. The van der Waals surface area contributed by atoms with E-state index in [1.807, 2.05) is 4.90 Å². The van der Waals surface area contributed by atoms with Gasteiger partial charge in [-0.05, 0) is 48.9 Å². The van der Waals surface area contributed by atoms with Crippen molar-refractivity contribution in [2.45, 2.75) is 26.7 Å². The molecule has 1 saturated heterocycles. The van der Waals surface area contributed by atoms with Gasteiger partial charge < -0.3 is 4.90 Å². The van der Waals surface area contributed by atoms with Gasteiger partial charge in [0.25, 0.3) is 5.91 Å². The summed E-state index contributed by atoms with van der Waals surface area (Å²) in [6.07, 6.45) is 3.79. The number of amides is 1. The topological polar surface area (TPSA) is 20.3 Å². The van der Waals surface area contributed by atoms with Crippen molar-refractivity contribution in [3.8, 4) is 0 Å². The molecule has 1 heterocycles. The van der Waals surface area contributed by atoms with Gasteiger partial charge in [0.1, 0.15) is 5.82 Å². The number of rotatable bonds is 2. The number of halogens is 1. The van der Waals surface area contributed by atoms with Crippen LogP contribution in [-0.4, -0.2) is 23.9 Å². The van der Waals surface area contributed by atoms with E-state index < -0.39 is 0 Å². The second-order valence-corrected chi connectivity index (χ2v) is 5.39. The molecule has 2 nitrogen and oxygen atoms in total. The van der Waals surface area contributed by atoms with Crippen LogP contribution in [-0.2, 0) is 0 Å². The first-order valence-electron chi connectivity index (χ1n) is 6.74. The second kappa shape index (κ2) is 5.55. The van der Waals surface area contributed by atoms with Crippen LogP contribution in [0.2, 0.25) is 0 Å². The molecule has 0 spiro atoms. The fourth-order valence-corrected chi connectivity index (χ4v) is 2.60. The summed E-state index contributed by atoms with van der Waals surface area (Å²) >= 11 is 0. The Hall–Kier alpha value is -1.64. The fraction of sp³-hybridized carbons (Fsp3) is 0.438. The molecule has 2 rings (SSSR count). The summed E-state index contributed by atoms with van der Waals surface area (Å²) in [4.78, 5) is 14.3. The van der Waals surface area contributed by atoms with Gasteiger partial charge in [-0.2, -0.15) is 0 Å². The van der Waals surface area contributed by atoms with E-state index in [0.717, 1.165) is 25.9 Å². The van der Waals surface area contributed by atoms with Crippen molar-refractivity contribution in [3.63, 3.8) is 0 Å². The van der Waals surface area contributed by atoms with Gasteiger partial charge in [-0.15, -0.1) is 0 Å². The molecule has 0 saturated carbocycles. The summed E-state index contributed by atoms with van der Waals surface area (Å²) in [6, 6.07) is 3.02. The zero-order valence-electron chi connectivity index (χ0n) is 11.6. The summed E-state index contributed by atoms with van der Waals surface area (Å²) < 4.78 is 13.7. The summed E-state index contributed by atoms with van der Waals surface area (Å²) in [5.41, 5.74) is 1.67. The normalized spacial score (nSPS) is 19.3. The number of aryl methyl sites for hydroxylation is 1. The van der Waals surface area contributed by atoms with E-state index in [0.29, 0.717) is 22.6 Å². The van der Waals surface area contributed by atoms with Crippen molar-refractivity contribution < 1.29 is 9.18 Å². The molecule has 1 atom stereocenters. The van der Waals surface area contributed by atoms with Crippen molar-refractivity contribution in [1.82, 2.24) is 4.90 Å². The third-order valence-corrected chi connectivity index (χ3v) is 3.73. The first-order chi connectivity index (χ1) is 9.02. The van der Waals surface area contributed by atoms with Crippen molar-refractivity contribution in [2.75, 3.05) is 13.1 Å². The number of carbonyl (C=O) groups is 1. The lowest BCUT2D eigenvalue weighted by molar-refractivity contribution is 0.0682. The number of hydrogen-bond acceptors (Lipinski definition) is 1. The number of carbonyl (C=O) groups excluding carboxylic acids is 1.